The van der Waals surface area contributed by atoms with Crippen molar-refractivity contribution in [2.45, 2.75) is 65.1 Å². The molecule has 2 aliphatic rings. The average molecular weight is 489 g/mol. The third-order valence-electron chi connectivity index (χ3n) is 6.23. The fourth-order valence-corrected chi connectivity index (χ4v) is 4.49. The van der Waals surface area contributed by atoms with Crippen molar-refractivity contribution in [2.24, 2.45) is 5.41 Å². The second kappa shape index (κ2) is 13.7. The molecule has 1 aromatic heterocycles. The van der Waals surface area contributed by atoms with Crippen molar-refractivity contribution in [3.05, 3.63) is 36.3 Å². The Labute approximate surface area is 207 Å². The Kier molecular flexibility index (Phi) is 11.0. The molecule has 4 amide bonds. The predicted octanol–water partition coefficient (Wildman–Crippen LogP) is 2.19. The van der Waals surface area contributed by atoms with Gasteiger partial charge in [0.15, 0.2) is 5.76 Å². The number of amides is 4. The van der Waals surface area contributed by atoms with Crippen LogP contribution in [0.15, 0.2) is 29.3 Å². The number of allylic oxidation sites excluding steroid dienone is 3. The summed E-state index contributed by atoms with van der Waals surface area (Å²) in [5, 5.41) is 15.8. The van der Waals surface area contributed by atoms with Gasteiger partial charge in [-0.3, -0.25) is 9.59 Å². The van der Waals surface area contributed by atoms with E-state index in [1.165, 1.54) is 0 Å². The highest BCUT2D eigenvalue weighted by Gasteiger charge is 2.44. The minimum absolute atomic E-state index is 0.0329. The van der Waals surface area contributed by atoms with Crippen LogP contribution in [0.25, 0.3) is 5.57 Å². The van der Waals surface area contributed by atoms with E-state index in [9.17, 15) is 14.4 Å². The molecule has 2 atom stereocenters. The molecule has 2 unspecified atom stereocenters. The summed E-state index contributed by atoms with van der Waals surface area (Å²) in [6, 6.07) is 1.63. The van der Waals surface area contributed by atoms with Crippen molar-refractivity contribution in [1.82, 2.24) is 31.3 Å². The van der Waals surface area contributed by atoms with E-state index in [1.54, 1.807) is 12.1 Å². The van der Waals surface area contributed by atoms with Crippen LogP contribution in [0, 0.1) is 5.41 Å². The number of nitrogens with one attached hydrogen (secondary N) is 4. The summed E-state index contributed by atoms with van der Waals surface area (Å²) >= 11 is 0. The fourth-order valence-electron chi connectivity index (χ4n) is 4.49. The summed E-state index contributed by atoms with van der Waals surface area (Å²) in [7, 11) is 1.85. The summed E-state index contributed by atoms with van der Waals surface area (Å²) in [4.78, 5) is 38.1. The molecule has 0 bridgehead atoms. The number of likely N-dealkylation sites (N-methyl/N-ethyl adjacent to an activating group) is 1. The van der Waals surface area contributed by atoms with Gasteiger partial charge in [-0.1, -0.05) is 37.7 Å². The van der Waals surface area contributed by atoms with Crippen molar-refractivity contribution < 1.29 is 18.9 Å². The van der Waals surface area contributed by atoms with Crippen LogP contribution in [0.3, 0.4) is 0 Å². The maximum absolute atomic E-state index is 13.3. The molecule has 3 rings (SSSR count). The normalized spacial score (nSPS) is 20.2. The van der Waals surface area contributed by atoms with Gasteiger partial charge in [-0.2, -0.15) is 0 Å². The zero-order valence-corrected chi connectivity index (χ0v) is 21.4. The Morgan fingerprint density at radius 2 is 2.17 bits per heavy atom. The number of carbonyl (C=O) groups is 3. The summed E-state index contributed by atoms with van der Waals surface area (Å²) in [5.74, 6) is 0.521. The molecule has 10 heteroatoms. The van der Waals surface area contributed by atoms with E-state index < -0.39 is 5.41 Å². The first-order valence-corrected chi connectivity index (χ1v) is 12.3. The number of hydrogen-bond acceptors (Lipinski definition) is 6. The highest BCUT2D eigenvalue weighted by atomic mass is 16.5. The molecule has 0 aromatic carbocycles. The molecule has 1 saturated heterocycles. The maximum Gasteiger partial charge on any atom is 0.318 e. The molecule has 1 aliphatic carbocycles. The van der Waals surface area contributed by atoms with Crippen molar-refractivity contribution in [2.75, 3.05) is 26.7 Å². The molecule has 1 saturated carbocycles. The van der Waals surface area contributed by atoms with Gasteiger partial charge in [0.1, 0.15) is 5.69 Å². The summed E-state index contributed by atoms with van der Waals surface area (Å²) in [6.07, 6.45) is 7.05. The van der Waals surface area contributed by atoms with Gasteiger partial charge in [0.2, 0.25) is 12.3 Å². The molecular weight excluding hydrogens is 448 g/mol. The summed E-state index contributed by atoms with van der Waals surface area (Å²) in [6.45, 7) is 11.3. The van der Waals surface area contributed by atoms with Gasteiger partial charge in [0.05, 0.1) is 6.54 Å². The standard InChI is InChI=1S/C23H34N6O4.C2H6/c1-4-16(5-2)20-8-19(33-28-20)12-26-22(32)29(17-6-7-17)18(11-24-3)9-23(13-25-15-30)10-21(31)27-14-23;1-2/h4-5,8,15,17-18,24H,1,6-7,9-14H2,2-3H3,(H,25,30)(H,26,32)(H,27,31);1-2H3/b16-5+;. The molecule has 0 radical (unpaired) electrons. The van der Waals surface area contributed by atoms with Crippen LogP contribution in [0.5, 0.6) is 0 Å². The van der Waals surface area contributed by atoms with Gasteiger partial charge in [0, 0.05) is 49.6 Å². The number of urea groups is 1. The first-order chi connectivity index (χ1) is 16.9. The van der Waals surface area contributed by atoms with Gasteiger partial charge in [0.25, 0.3) is 0 Å². The van der Waals surface area contributed by atoms with Crippen LogP contribution in [0.4, 0.5) is 4.79 Å². The second-order valence-corrected chi connectivity index (χ2v) is 8.79. The summed E-state index contributed by atoms with van der Waals surface area (Å²) < 4.78 is 5.37. The fraction of sp³-hybridized carbons (Fsp3) is 0.600. The molecule has 2 heterocycles. The van der Waals surface area contributed by atoms with Gasteiger partial charge < -0.3 is 30.7 Å². The zero-order chi connectivity index (χ0) is 25.8. The van der Waals surface area contributed by atoms with Crippen molar-refractivity contribution in [1.29, 1.82) is 0 Å². The van der Waals surface area contributed by atoms with E-state index in [-0.39, 0.29) is 30.6 Å². The Hall–Kier alpha value is -3.14. The topological polar surface area (TPSA) is 129 Å². The van der Waals surface area contributed by atoms with E-state index >= 15 is 0 Å². The van der Waals surface area contributed by atoms with Crippen LogP contribution < -0.4 is 21.3 Å². The monoisotopic (exact) mass is 488 g/mol. The highest BCUT2D eigenvalue weighted by Crippen LogP contribution is 2.36. The Morgan fingerprint density at radius 1 is 1.43 bits per heavy atom. The lowest BCUT2D eigenvalue weighted by Crippen LogP contribution is -2.53. The lowest BCUT2D eigenvalue weighted by Gasteiger charge is -2.38. The molecule has 4 N–H and O–H groups in total. The van der Waals surface area contributed by atoms with Crippen molar-refractivity contribution >= 4 is 23.9 Å². The van der Waals surface area contributed by atoms with Crippen LogP contribution in [-0.2, 0) is 16.1 Å². The number of hydrogen-bond donors (Lipinski definition) is 4. The quantitative estimate of drug-likeness (QED) is 0.249. The summed E-state index contributed by atoms with van der Waals surface area (Å²) in [5.41, 5.74) is 1.10. The van der Waals surface area contributed by atoms with Crippen LogP contribution >= 0.6 is 0 Å². The third-order valence-corrected chi connectivity index (χ3v) is 6.23. The zero-order valence-electron chi connectivity index (χ0n) is 21.4. The van der Waals surface area contributed by atoms with E-state index in [0.29, 0.717) is 50.3 Å². The Morgan fingerprint density at radius 3 is 2.71 bits per heavy atom. The lowest BCUT2D eigenvalue weighted by atomic mass is 9.80. The lowest BCUT2D eigenvalue weighted by molar-refractivity contribution is -0.120. The van der Waals surface area contributed by atoms with Gasteiger partial charge >= 0.3 is 6.03 Å². The molecular formula is C25H40N6O4. The van der Waals surface area contributed by atoms with E-state index in [4.69, 9.17) is 4.52 Å². The maximum atomic E-state index is 13.3. The molecule has 0 spiro atoms. The molecule has 2 fully saturated rings. The van der Waals surface area contributed by atoms with E-state index in [0.717, 1.165) is 18.4 Å². The first kappa shape index (κ1) is 28.1. The molecule has 10 nitrogen and oxygen atoms in total. The Balaban J connectivity index is 0.00000210. The average Bonchev–Trinajstić information content (AvgIpc) is 3.46. The van der Waals surface area contributed by atoms with Crippen LogP contribution in [0.2, 0.25) is 0 Å². The van der Waals surface area contributed by atoms with Gasteiger partial charge in [-0.05, 0) is 38.8 Å². The second-order valence-electron chi connectivity index (χ2n) is 8.79. The van der Waals surface area contributed by atoms with Crippen molar-refractivity contribution in [3.8, 4) is 0 Å². The number of nitrogens with zero attached hydrogens (tertiary/aromatic N) is 2. The van der Waals surface area contributed by atoms with Gasteiger partial charge in [-0.25, -0.2) is 4.79 Å². The van der Waals surface area contributed by atoms with E-state index in [1.807, 2.05) is 38.8 Å². The highest BCUT2D eigenvalue weighted by molar-refractivity contribution is 5.79. The minimum atomic E-state index is -0.430. The SMILES string of the molecule is C=C/C(=C\C)c1cc(CNC(=O)N(C2CC2)C(CNC)CC2(CNC=O)CNC(=O)C2)on1.CC. The molecule has 35 heavy (non-hydrogen) atoms. The van der Waals surface area contributed by atoms with Crippen molar-refractivity contribution in [3.63, 3.8) is 0 Å². The molecule has 194 valence electrons. The number of rotatable bonds is 13. The minimum Gasteiger partial charge on any atom is -0.359 e. The predicted molar refractivity (Wildman–Crippen MR) is 135 cm³/mol. The van der Waals surface area contributed by atoms with Crippen LogP contribution in [-0.4, -0.2) is 67.2 Å². The number of aromatic nitrogens is 1. The smallest absolute Gasteiger partial charge is 0.318 e. The first-order valence-electron chi connectivity index (χ1n) is 12.3. The van der Waals surface area contributed by atoms with E-state index in [2.05, 4.69) is 33.0 Å². The molecule has 1 aromatic rings. The largest absolute Gasteiger partial charge is 0.359 e. The Bertz CT molecular complexity index is 894. The third kappa shape index (κ3) is 7.68. The number of carbonyl (C=O) groups excluding carboxylic acids is 3. The van der Waals surface area contributed by atoms with Gasteiger partial charge in [-0.15, -0.1) is 0 Å². The van der Waals surface area contributed by atoms with Crippen LogP contribution in [0.1, 0.15) is 57.9 Å². The molecule has 1 aliphatic heterocycles.